The zero-order valence-electron chi connectivity index (χ0n) is 11.7. The van der Waals surface area contributed by atoms with Crippen LogP contribution in [0.5, 0.6) is 0 Å². The fourth-order valence-corrected chi connectivity index (χ4v) is 2.87. The van der Waals surface area contributed by atoms with Crippen molar-refractivity contribution in [3.8, 4) is 0 Å². The van der Waals surface area contributed by atoms with Crippen molar-refractivity contribution >= 4 is 33.8 Å². The minimum Gasteiger partial charge on any atom is -0.356 e. The topological polar surface area (TPSA) is 81.0 Å². The Labute approximate surface area is 131 Å². The molecule has 0 radical (unpaired) electrons. The zero-order chi connectivity index (χ0) is 15.4. The highest BCUT2D eigenvalue weighted by Gasteiger charge is 2.11. The summed E-state index contributed by atoms with van der Waals surface area (Å²) in [4.78, 5) is 10.3. The molecule has 1 aromatic heterocycles. The quantitative estimate of drug-likeness (QED) is 0.643. The monoisotopic (exact) mass is 326 g/mol. The van der Waals surface area contributed by atoms with E-state index in [-0.39, 0.29) is 5.69 Å². The number of halogens is 1. The van der Waals surface area contributed by atoms with E-state index in [2.05, 4.69) is 29.4 Å². The molecule has 0 atom stereocenters. The Morgan fingerprint density at radius 2 is 2.19 bits per heavy atom. The van der Waals surface area contributed by atoms with E-state index in [1.54, 1.807) is 0 Å². The van der Waals surface area contributed by atoms with E-state index >= 15 is 0 Å². The average molecular weight is 327 g/mol. The number of aromatic nitrogens is 2. The number of hydrogen-bond donors (Lipinski definition) is 1. The maximum Gasteiger partial charge on any atom is 0.269 e. The van der Waals surface area contributed by atoms with Crippen LogP contribution in [0.3, 0.4) is 0 Å². The van der Waals surface area contributed by atoms with Crippen LogP contribution in [0.25, 0.3) is 0 Å². The smallest absolute Gasteiger partial charge is 0.269 e. The average Bonchev–Trinajstić information content (AvgIpc) is 2.84. The van der Waals surface area contributed by atoms with Gasteiger partial charge >= 0.3 is 0 Å². The zero-order valence-corrected chi connectivity index (χ0v) is 13.2. The van der Waals surface area contributed by atoms with Gasteiger partial charge in [-0.3, -0.25) is 10.1 Å². The van der Waals surface area contributed by atoms with Crippen LogP contribution < -0.4 is 5.32 Å². The van der Waals surface area contributed by atoms with Crippen molar-refractivity contribution in [1.29, 1.82) is 0 Å². The number of nitrogens with one attached hydrogen (secondary N) is 1. The molecule has 1 aromatic carbocycles. The second kappa shape index (κ2) is 6.82. The summed E-state index contributed by atoms with van der Waals surface area (Å²) in [5.41, 5.74) is 0.681. The molecule has 0 unspecified atom stereocenters. The molecule has 1 N–H and O–H groups in total. The molecule has 0 fully saturated rings. The van der Waals surface area contributed by atoms with Gasteiger partial charge < -0.3 is 5.32 Å². The second-order valence-corrected chi connectivity index (χ2v) is 6.45. The van der Waals surface area contributed by atoms with Gasteiger partial charge in [0.15, 0.2) is 0 Å². The summed E-state index contributed by atoms with van der Waals surface area (Å²) in [5, 5.41) is 24.2. The Bertz CT molecular complexity index is 645. The summed E-state index contributed by atoms with van der Waals surface area (Å²) in [6.45, 7) is 4.62. The lowest BCUT2D eigenvalue weighted by Gasteiger charge is -2.04. The number of nitrogens with zero attached hydrogens (tertiary/aromatic N) is 3. The number of nitro benzene ring substituents is 1. The van der Waals surface area contributed by atoms with Crippen molar-refractivity contribution < 1.29 is 4.92 Å². The SMILES string of the molecule is CC(C)Cc1nnc(NCc2cc([N+](=O)[O-])ccc2Cl)s1. The van der Waals surface area contributed by atoms with Crippen LogP contribution >= 0.6 is 22.9 Å². The van der Waals surface area contributed by atoms with Gasteiger partial charge in [-0.2, -0.15) is 0 Å². The van der Waals surface area contributed by atoms with Gasteiger partial charge in [0.25, 0.3) is 5.69 Å². The van der Waals surface area contributed by atoms with Crippen LogP contribution in [0, 0.1) is 16.0 Å². The van der Waals surface area contributed by atoms with Crippen molar-refractivity contribution in [3.63, 3.8) is 0 Å². The molecule has 0 aliphatic heterocycles. The van der Waals surface area contributed by atoms with Crippen molar-refractivity contribution in [2.45, 2.75) is 26.8 Å². The molecule has 112 valence electrons. The van der Waals surface area contributed by atoms with Gasteiger partial charge in [-0.05, 0) is 17.5 Å². The number of nitro groups is 1. The molecule has 0 saturated carbocycles. The van der Waals surface area contributed by atoms with Crippen LogP contribution in [-0.2, 0) is 13.0 Å². The largest absolute Gasteiger partial charge is 0.356 e. The molecule has 0 aliphatic rings. The van der Waals surface area contributed by atoms with Gasteiger partial charge in [0, 0.05) is 30.1 Å². The van der Waals surface area contributed by atoms with E-state index < -0.39 is 4.92 Å². The predicted molar refractivity (Wildman–Crippen MR) is 83.9 cm³/mol. The third-order valence-electron chi connectivity index (χ3n) is 2.72. The first-order valence-corrected chi connectivity index (χ1v) is 7.64. The summed E-state index contributed by atoms with van der Waals surface area (Å²) in [6.07, 6.45) is 0.886. The van der Waals surface area contributed by atoms with Crippen LogP contribution in [0.4, 0.5) is 10.8 Å². The Kier molecular flexibility index (Phi) is 5.08. The van der Waals surface area contributed by atoms with Crippen molar-refractivity contribution in [3.05, 3.63) is 43.9 Å². The lowest BCUT2D eigenvalue weighted by Crippen LogP contribution is -2.00. The summed E-state index contributed by atoms with van der Waals surface area (Å²) in [5.74, 6) is 0.525. The van der Waals surface area contributed by atoms with Crippen LogP contribution in [0.15, 0.2) is 18.2 Å². The number of non-ortho nitro benzene ring substituents is 1. The normalized spacial score (nSPS) is 10.9. The first-order valence-electron chi connectivity index (χ1n) is 6.44. The van der Waals surface area contributed by atoms with E-state index in [1.165, 1.54) is 29.5 Å². The second-order valence-electron chi connectivity index (χ2n) is 4.99. The van der Waals surface area contributed by atoms with Crippen LogP contribution in [0.1, 0.15) is 24.4 Å². The highest BCUT2D eigenvalue weighted by atomic mass is 35.5. The van der Waals surface area contributed by atoms with Crippen molar-refractivity contribution in [1.82, 2.24) is 10.2 Å². The number of benzene rings is 1. The molecular formula is C13H15ClN4O2S. The number of rotatable bonds is 6. The summed E-state index contributed by atoms with van der Waals surface area (Å²) in [7, 11) is 0. The van der Waals surface area contributed by atoms with E-state index in [0.29, 0.717) is 28.2 Å². The Morgan fingerprint density at radius 1 is 1.43 bits per heavy atom. The molecule has 6 nitrogen and oxygen atoms in total. The minimum absolute atomic E-state index is 0.0222. The molecule has 0 saturated heterocycles. The van der Waals surface area contributed by atoms with Gasteiger partial charge in [-0.25, -0.2) is 0 Å². The Morgan fingerprint density at radius 3 is 2.86 bits per heavy atom. The van der Waals surface area contributed by atoms with Crippen LogP contribution in [0.2, 0.25) is 5.02 Å². The van der Waals surface area contributed by atoms with E-state index in [9.17, 15) is 10.1 Å². The van der Waals surface area contributed by atoms with Gasteiger partial charge in [-0.15, -0.1) is 10.2 Å². The molecule has 0 spiro atoms. The maximum absolute atomic E-state index is 10.8. The third kappa shape index (κ3) is 4.37. The van der Waals surface area contributed by atoms with E-state index in [1.807, 2.05) is 0 Å². The summed E-state index contributed by atoms with van der Waals surface area (Å²) >= 11 is 7.53. The molecule has 2 rings (SSSR count). The van der Waals surface area contributed by atoms with Crippen molar-refractivity contribution in [2.24, 2.45) is 5.92 Å². The molecule has 2 aromatic rings. The van der Waals surface area contributed by atoms with Gasteiger partial charge in [-0.1, -0.05) is 36.8 Å². The fraction of sp³-hybridized carbons (Fsp3) is 0.385. The number of hydrogen-bond acceptors (Lipinski definition) is 6. The molecular weight excluding hydrogens is 312 g/mol. The lowest BCUT2D eigenvalue weighted by atomic mass is 10.1. The molecule has 21 heavy (non-hydrogen) atoms. The summed E-state index contributed by atoms with van der Waals surface area (Å²) in [6, 6.07) is 4.38. The fourth-order valence-electron chi connectivity index (χ4n) is 1.74. The molecule has 8 heteroatoms. The van der Waals surface area contributed by atoms with Gasteiger partial charge in [0.1, 0.15) is 5.01 Å². The molecule has 0 bridgehead atoms. The molecule has 1 heterocycles. The molecule has 0 aliphatic carbocycles. The van der Waals surface area contributed by atoms with Crippen LogP contribution in [-0.4, -0.2) is 15.1 Å². The standard InChI is InChI=1S/C13H15ClN4O2S/c1-8(2)5-12-16-17-13(21-12)15-7-9-6-10(18(19)20)3-4-11(9)14/h3-4,6,8H,5,7H2,1-2H3,(H,15,17). The Hall–Kier alpha value is -1.73. The predicted octanol–water partition coefficient (Wildman–Crippen LogP) is 3.91. The maximum atomic E-state index is 10.8. The first kappa shape index (κ1) is 15.7. The third-order valence-corrected chi connectivity index (χ3v) is 3.99. The van der Waals surface area contributed by atoms with Crippen molar-refractivity contribution in [2.75, 3.05) is 5.32 Å². The molecule has 0 amide bonds. The Balaban J connectivity index is 2.04. The lowest BCUT2D eigenvalue weighted by molar-refractivity contribution is -0.384. The highest BCUT2D eigenvalue weighted by molar-refractivity contribution is 7.15. The number of anilines is 1. The first-order chi connectivity index (χ1) is 9.95. The summed E-state index contributed by atoms with van der Waals surface area (Å²) < 4.78 is 0. The van der Waals surface area contributed by atoms with Gasteiger partial charge in [0.2, 0.25) is 5.13 Å². The van der Waals surface area contributed by atoms with E-state index in [4.69, 9.17) is 11.6 Å². The minimum atomic E-state index is -0.439. The van der Waals surface area contributed by atoms with Gasteiger partial charge in [0.05, 0.1) is 4.92 Å². The highest BCUT2D eigenvalue weighted by Crippen LogP contribution is 2.24. The van der Waals surface area contributed by atoms with E-state index in [0.717, 1.165) is 11.4 Å².